The lowest BCUT2D eigenvalue weighted by Gasteiger charge is -2.09. The monoisotopic (exact) mass is 195 g/mol. The first kappa shape index (κ1) is 10.5. The molecular formula is C9H13N3O2. The van der Waals surface area contributed by atoms with Gasteiger partial charge in [-0.25, -0.2) is 0 Å². The van der Waals surface area contributed by atoms with E-state index in [0.29, 0.717) is 17.8 Å². The first-order chi connectivity index (χ1) is 6.59. The molecule has 0 fully saturated rings. The van der Waals surface area contributed by atoms with Crippen molar-refractivity contribution < 1.29 is 9.90 Å². The number of hydrogen-bond donors (Lipinski definition) is 3. The van der Waals surface area contributed by atoms with Crippen molar-refractivity contribution >= 4 is 11.7 Å². The van der Waals surface area contributed by atoms with E-state index in [2.05, 4.69) is 4.98 Å². The molecule has 0 amide bonds. The molecule has 1 rings (SSSR count). The van der Waals surface area contributed by atoms with Gasteiger partial charge in [0.15, 0.2) is 0 Å². The van der Waals surface area contributed by atoms with Crippen LogP contribution >= 0.6 is 0 Å². The van der Waals surface area contributed by atoms with E-state index in [0.717, 1.165) is 0 Å². The Balaban J connectivity index is 2.60. The van der Waals surface area contributed by atoms with Crippen LogP contribution < -0.4 is 11.5 Å². The van der Waals surface area contributed by atoms with Crippen LogP contribution in [0, 0.1) is 0 Å². The molecule has 0 aliphatic carbocycles. The second-order valence-corrected chi connectivity index (χ2v) is 3.05. The summed E-state index contributed by atoms with van der Waals surface area (Å²) >= 11 is 0. The maximum absolute atomic E-state index is 10.3. The first-order valence-electron chi connectivity index (χ1n) is 4.28. The average molecular weight is 195 g/mol. The molecule has 0 aliphatic rings. The molecule has 0 bridgehead atoms. The number of pyridine rings is 1. The van der Waals surface area contributed by atoms with Gasteiger partial charge < -0.3 is 16.6 Å². The number of aromatic nitrogens is 1. The van der Waals surface area contributed by atoms with Crippen molar-refractivity contribution in [3.63, 3.8) is 0 Å². The quantitative estimate of drug-likeness (QED) is 0.650. The molecule has 76 valence electrons. The molecule has 14 heavy (non-hydrogen) atoms. The topological polar surface area (TPSA) is 102 Å². The van der Waals surface area contributed by atoms with Crippen LogP contribution in [0.15, 0.2) is 18.3 Å². The number of anilines is 1. The van der Waals surface area contributed by atoms with Crippen LogP contribution in [-0.4, -0.2) is 16.1 Å². The molecule has 5 N–H and O–H groups in total. The molecule has 1 heterocycles. The van der Waals surface area contributed by atoms with Gasteiger partial charge in [0.05, 0.1) is 5.69 Å². The number of carboxylic acids is 1. The maximum Gasteiger partial charge on any atom is 0.303 e. The van der Waals surface area contributed by atoms with Crippen LogP contribution in [0.2, 0.25) is 0 Å². The third-order valence-corrected chi connectivity index (χ3v) is 1.85. The third-order valence-electron chi connectivity index (χ3n) is 1.85. The normalized spacial score (nSPS) is 12.4. The largest absolute Gasteiger partial charge is 0.481 e. The number of rotatable bonds is 4. The Kier molecular flexibility index (Phi) is 3.41. The number of nitrogen functional groups attached to an aromatic ring is 1. The van der Waals surface area contributed by atoms with Gasteiger partial charge >= 0.3 is 5.97 Å². The molecule has 1 unspecified atom stereocenters. The summed E-state index contributed by atoms with van der Waals surface area (Å²) in [5.41, 5.74) is 12.5. The zero-order valence-electron chi connectivity index (χ0n) is 7.68. The van der Waals surface area contributed by atoms with Crippen molar-refractivity contribution in [2.45, 2.75) is 18.9 Å². The number of aliphatic carboxylic acids is 1. The van der Waals surface area contributed by atoms with Gasteiger partial charge in [0.2, 0.25) is 0 Å². The summed E-state index contributed by atoms with van der Waals surface area (Å²) in [5.74, 6) is -0.857. The lowest BCUT2D eigenvalue weighted by atomic mass is 10.1. The predicted molar refractivity (Wildman–Crippen MR) is 52.4 cm³/mol. The molecule has 5 nitrogen and oxygen atoms in total. The van der Waals surface area contributed by atoms with Gasteiger partial charge in [-0.3, -0.25) is 9.78 Å². The second kappa shape index (κ2) is 4.57. The van der Waals surface area contributed by atoms with Crippen molar-refractivity contribution in [3.05, 3.63) is 24.0 Å². The number of carboxylic acid groups (broad SMARTS) is 1. The van der Waals surface area contributed by atoms with Crippen molar-refractivity contribution in [1.82, 2.24) is 4.98 Å². The maximum atomic E-state index is 10.3. The molecule has 0 aliphatic heterocycles. The SMILES string of the molecule is Nc1ccnc(C(N)CCC(=O)O)c1. The van der Waals surface area contributed by atoms with Crippen LogP contribution in [-0.2, 0) is 4.79 Å². The Morgan fingerprint density at radius 1 is 1.64 bits per heavy atom. The molecular weight excluding hydrogens is 182 g/mol. The highest BCUT2D eigenvalue weighted by atomic mass is 16.4. The minimum Gasteiger partial charge on any atom is -0.481 e. The van der Waals surface area contributed by atoms with Gasteiger partial charge in [0.25, 0.3) is 0 Å². The van der Waals surface area contributed by atoms with Crippen molar-refractivity contribution in [2.75, 3.05) is 5.73 Å². The van der Waals surface area contributed by atoms with Crippen LogP contribution in [0.1, 0.15) is 24.6 Å². The highest BCUT2D eigenvalue weighted by Crippen LogP contribution is 2.15. The number of nitrogens with zero attached hydrogens (tertiary/aromatic N) is 1. The fourth-order valence-corrected chi connectivity index (χ4v) is 1.10. The van der Waals surface area contributed by atoms with Gasteiger partial charge in [-0.05, 0) is 18.6 Å². The zero-order valence-corrected chi connectivity index (χ0v) is 7.68. The molecule has 0 radical (unpaired) electrons. The van der Waals surface area contributed by atoms with Gasteiger partial charge in [-0.2, -0.15) is 0 Å². The molecule has 0 aromatic carbocycles. The standard InChI is InChI=1S/C9H13N3O2/c10-6-3-4-12-8(5-6)7(11)1-2-9(13)14/h3-5,7H,1-2,11H2,(H2,10,12)(H,13,14). The van der Waals surface area contributed by atoms with Crippen molar-refractivity contribution in [1.29, 1.82) is 0 Å². The first-order valence-corrected chi connectivity index (χ1v) is 4.28. The zero-order chi connectivity index (χ0) is 10.6. The van der Waals surface area contributed by atoms with Gasteiger partial charge in [-0.1, -0.05) is 0 Å². The van der Waals surface area contributed by atoms with E-state index in [-0.39, 0.29) is 12.5 Å². The van der Waals surface area contributed by atoms with Crippen molar-refractivity contribution in [2.24, 2.45) is 5.73 Å². The van der Waals surface area contributed by atoms with E-state index < -0.39 is 5.97 Å². The lowest BCUT2D eigenvalue weighted by molar-refractivity contribution is -0.137. The van der Waals surface area contributed by atoms with E-state index >= 15 is 0 Å². The highest BCUT2D eigenvalue weighted by molar-refractivity contribution is 5.66. The van der Waals surface area contributed by atoms with Crippen LogP contribution in [0.25, 0.3) is 0 Å². The Morgan fingerprint density at radius 2 is 2.36 bits per heavy atom. The molecule has 0 saturated carbocycles. The van der Waals surface area contributed by atoms with E-state index in [1.807, 2.05) is 0 Å². The van der Waals surface area contributed by atoms with Crippen LogP contribution in [0.4, 0.5) is 5.69 Å². The van der Waals surface area contributed by atoms with Crippen LogP contribution in [0.5, 0.6) is 0 Å². The number of carbonyl (C=O) groups is 1. The van der Waals surface area contributed by atoms with E-state index in [4.69, 9.17) is 16.6 Å². The summed E-state index contributed by atoms with van der Waals surface area (Å²) in [6, 6.07) is 2.95. The predicted octanol–water partition coefficient (Wildman–Crippen LogP) is 0.528. The van der Waals surface area contributed by atoms with E-state index in [1.54, 1.807) is 18.3 Å². The van der Waals surface area contributed by atoms with Gasteiger partial charge in [0.1, 0.15) is 0 Å². The summed E-state index contributed by atoms with van der Waals surface area (Å²) in [6.45, 7) is 0. The summed E-state index contributed by atoms with van der Waals surface area (Å²) in [5, 5.41) is 8.46. The average Bonchev–Trinajstić information content (AvgIpc) is 2.14. The minimum atomic E-state index is -0.857. The summed E-state index contributed by atoms with van der Waals surface area (Å²) in [7, 11) is 0. The Bertz CT molecular complexity index is 328. The molecule has 5 heteroatoms. The third kappa shape index (κ3) is 3.02. The lowest BCUT2D eigenvalue weighted by Crippen LogP contribution is -2.14. The Labute approximate surface area is 81.7 Å². The summed E-state index contributed by atoms with van der Waals surface area (Å²) in [6.07, 6.45) is 1.97. The summed E-state index contributed by atoms with van der Waals surface area (Å²) in [4.78, 5) is 14.3. The van der Waals surface area contributed by atoms with Gasteiger partial charge in [0, 0.05) is 24.3 Å². The smallest absolute Gasteiger partial charge is 0.303 e. The molecule has 0 spiro atoms. The fourth-order valence-electron chi connectivity index (χ4n) is 1.10. The number of hydrogen-bond acceptors (Lipinski definition) is 4. The van der Waals surface area contributed by atoms with Gasteiger partial charge in [-0.15, -0.1) is 0 Å². The molecule has 1 aromatic rings. The molecule has 0 saturated heterocycles. The summed E-state index contributed by atoms with van der Waals surface area (Å²) < 4.78 is 0. The fraction of sp³-hybridized carbons (Fsp3) is 0.333. The molecule has 1 atom stereocenters. The van der Waals surface area contributed by atoms with Crippen molar-refractivity contribution in [3.8, 4) is 0 Å². The number of nitrogens with two attached hydrogens (primary N) is 2. The minimum absolute atomic E-state index is 0.0393. The van der Waals surface area contributed by atoms with Crippen LogP contribution in [0.3, 0.4) is 0 Å². The molecule has 1 aromatic heterocycles. The Hall–Kier alpha value is -1.62. The van der Waals surface area contributed by atoms with E-state index in [1.165, 1.54) is 0 Å². The second-order valence-electron chi connectivity index (χ2n) is 3.05. The van der Waals surface area contributed by atoms with E-state index in [9.17, 15) is 4.79 Å². The Morgan fingerprint density at radius 3 is 2.93 bits per heavy atom. The highest BCUT2D eigenvalue weighted by Gasteiger charge is 2.09.